The monoisotopic (exact) mass is 252 g/mol. The number of thiophene rings is 1. The number of hydrogen-bond acceptors (Lipinski definition) is 3. The molecule has 1 aromatic rings. The zero-order valence-electron chi connectivity index (χ0n) is 10.3. The quantitative estimate of drug-likeness (QED) is 0.894. The van der Waals surface area contributed by atoms with Crippen LogP contribution in [0, 0.1) is 5.92 Å². The van der Waals surface area contributed by atoms with E-state index in [1.165, 1.54) is 4.88 Å². The number of hydrogen-bond donors (Lipinski definition) is 1. The first-order chi connectivity index (χ1) is 8.22. The lowest BCUT2D eigenvalue weighted by molar-refractivity contribution is -0.132. The molecule has 0 spiro atoms. The van der Waals surface area contributed by atoms with Gasteiger partial charge in [-0.1, -0.05) is 13.0 Å². The zero-order valence-corrected chi connectivity index (χ0v) is 11.1. The Hall–Kier alpha value is -0.870. The van der Waals surface area contributed by atoms with Crippen molar-refractivity contribution in [2.45, 2.75) is 32.2 Å². The third-order valence-corrected chi connectivity index (χ3v) is 4.34. The van der Waals surface area contributed by atoms with Gasteiger partial charge in [-0.25, -0.2) is 0 Å². The molecule has 2 heterocycles. The molecule has 1 aliphatic rings. The molecule has 0 saturated carbocycles. The minimum Gasteiger partial charge on any atom is -0.335 e. The van der Waals surface area contributed by atoms with Crippen molar-refractivity contribution in [1.82, 2.24) is 4.90 Å². The van der Waals surface area contributed by atoms with Crippen LogP contribution in [0.4, 0.5) is 0 Å². The van der Waals surface area contributed by atoms with Crippen LogP contribution in [0.1, 0.15) is 37.1 Å². The number of nitrogens with two attached hydrogens (primary N) is 1. The van der Waals surface area contributed by atoms with E-state index in [9.17, 15) is 4.79 Å². The van der Waals surface area contributed by atoms with Gasteiger partial charge in [-0.05, 0) is 36.8 Å². The fourth-order valence-electron chi connectivity index (χ4n) is 2.34. The summed E-state index contributed by atoms with van der Waals surface area (Å²) in [6.45, 7) is 3.52. The molecule has 0 aromatic carbocycles. The van der Waals surface area contributed by atoms with Crippen LogP contribution in [0.5, 0.6) is 0 Å². The van der Waals surface area contributed by atoms with Crippen LogP contribution in [-0.2, 0) is 4.79 Å². The third kappa shape index (κ3) is 2.87. The molecule has 2 rings (SSSR count). The van der Waals surface area contributed by atoms with Gasteiger partial charge in [0.2, 0.25) is 5.91 Å². The average Bonchev–Trinajstić information content (AvgIpc) is 2.98. The lowest BCUT2D eigenvalue weighted by Gasteiger charge is -2.25. The molecule has 1 amide bonds. The predicted octanol–water partition coefficient (Wildman–Crippen LogP) is 2.40. The summed E-state index contributed by atoms with van der Waals surface area (Å²) in [6.07, 6.45) is 2.80. The predicted molar refractivity (Wildman–Crippen MR) is 70.8 cm³/mol. The van der Waals surface area contributed by atoms with Gasteiger partial charge in [-0.15, -0.1) is 11.3 Å². The van der Waals surface area contributed by atoms with Crippen molar-refractivity contribution in [2.75, 3.05) is 13.1 Å². The molecule has 1 aromatic heterocycles. The maximum atomic E-state index is 12.2. The van der Waals surface area contributed by atoms with Crippen molar-refractivity contribution in [3.8, 4) is 0 Å². The van der Waals surface area contributed by atoms with Gasteiger partial charge in [-0.2, -0.15) is 0 Å². The van der Waals surface area contributed by atoms with E-state index in [2.05, 4.69) is 17.5 Å². The third-order valence-electron chi connectivity index (χ3n) is 3.37. The van der Waals surface area contributed by atoms with Gasteiger partial charge < -0.3 is 10.6 Å². The van der Waals surface area contributed by atoms with E-state index in [1.807, 2.05) is 11.8 Å². The summed E-state index contributed by atoms with van der Waals surface area (Å²) in [7, 11) is 0. The van der Waals surface area contributed by atoms with Crippen molar-refractivity contribution >= 4 is 17.2 Å². The summed E-state index contributed by atoms with van der Waals surface area (Å²) in [5.41, 5.74) is 5.58. The number of carbonyl (C=O) groups is 1. The fourth-order valence-corrected chi connectivity index (χ4v) is 3.21. The standard InChI is InChI=1S/C13H20N2OS/c1-10(9-14)8-13(16)15-6-2-4-11(15)12-5-3-7-17-12/h3,5,7,10-11H,2,4,6,8-9,14H2,1H3. The van der Waals surface area contributed by atoms with Gasteiger partial charge >= 0.3 is 0 Å². The maximum absolute atomic E-state index is 12.2. The zero-order chi connectivity index (χ0) is 12.3. The Balaban J connectivity index is 2.02. The number of carbonyl (C=O) groups excluding carboxylic acids is 1. The van der Waals surface area contributed by atoms with E-state index < -0.39 is 0 Å². The highest BCUT2D eigenvalue weighted by atomic mass is 32.1. The van der Waals surface area contributed by atoms with Gasteiger partial charge in [0, 0.05) is 17.8 Å². The van der Waals surface area contributed by atoms with Gasteiger partial charge in [0.25, 0.3) is 0 Å². The van der Waals surface area contributed by atoms with Crippen molar-refractivity contribution in [3.05, 3.63) is 22.4 Å². The highest BCUT2D eigenvalue weighted by molar-refractivity contribution is 7.10. The summed E-state index contributed by atoms with van der Waals surface area (Å²) in [6, 6.07) is 4.50. The second-order valence-corrected chi connectivity index (χ2v) is 5.78. The van der Waals surface area contributed by atoms with Crippen LogP contribution < -0.4 is 5.73 Å². The highest BCUT2D eigenvalue weighted by Crippen LogP contribution is 2.35. The van der Waals surface area contributed by atoms with E-state index in [0.717, 1.165) is 19.4 Å². The van der Waals surface area contributed by atoms with E-state index >= 15 is 0 Å². The molecule has 2 unspecified atom stereocenters. The van der Waals surface area contributed by atoms with Crippen molar-refractivity contribution < 1.29 is 4.79 Å². The fraction of sp³-hybridized carbons (Fsp3) is 0.615. The van der Waals surface area contributed by atoms with Crippen LogP contribution in [0.2, 0.25) is 0 Å². The van der Waals surface area contributed by atoms with Crippen LogP contribution in [0.3, 0.4) is 0 Å². The smallest absolute Gasteiger partial charge is 0.223 e. The Labute approximate surface area is 107 Å². The van der Waals surface area contributed by atoms with Crippen LogP contribution >= 0.6 is 11.3 Å². The summed E-state index contributed by atoms with van der Waals surface area (Å²) < 4.78 is 0. The Morgan fingerprint density at radius 1 is 1.71 bits per heavy atom. The topological polar surface area (TPSA) is 46.3 Å². The number of amides is 1. The lowest BCUT2D eigenvalue weighted by Crippen LogP contribution is -2.32. The molecule has 0 radical (unpaired) electrons. The van der Waals surface area contributed by atoms with E-state index in [0.29, 0.717) is 19.0 Å². The minimum atomic E-state index is 0.263. The Bertz CT molecular complexity index is 364. The minimum absolute atomic E-state index is 0.263. The number of nitrogens with zero attached hydrogens (tertiary/aromatic N) is 1. The van der Waals surface area contributed by atoms with Gasteiger partial charge in [-0.3, -0.25) is 4.79 Å². The second kappa shape index (κ2) is 5.65. The Morgan fingerprint density at radius 3 is 3.18 bits per heavy atom. The molecule has 0 aliphatic carbocycles. The second-order valence-electron chi connectivity index (χ2n) is 4.81. The van der Waals surface area contributed by atoms with Crippen LogP contribution in [0.15, 0.2) is 17.5 Å². The summed E-state index contributed by atoms with van der Waals surface area (Å²) >= 11 is 1.75. The van der Waals surface area contributed by atoms with E-state index in [-0.39, 0.29) is 11.8 Å². The summed E-state index contributed by atoms with van der Waals surface area (Å²) in [5.74, 6) is 0.547. The number of likely N-dealkylation sites (tertiary alicyclic amines) is 1. The first-order valence-corrected chi connectivity index (χ1v) is 7.13. The van der Waals surface area contributed by atoms with Crippen LogP contribution in [-0.4, -0.2) is 23.9 Å². The molecule has 17 heavy (non-hydrogen) atoms. The molecule has 3 nitrogen and oxygen atoms in total. The molecule has 1 fully saturated rings. The average molecular weight is 252 g/mol. The first kappa shape index (κ1) is 12.6. The van der Waals surface area contributed by atoms with Crippen molar-refractivity contribution in [1.29, 1.82) is 0 Å². The van der Waals surface area contributed by atoms with Crippen LogP contribution in [0.25, 0.3) is 0 Å². The molecule has 2 atom stereocenters. The lowest BCUT2D eigenvalue weighted by atomic mass is 10.1. The van der Waals surface area contributed by atoms with Gasteiger partial charge in [0.05, 0.1) is 6.04 Å². The summed E-state index contributed by atoms with van der Waals surface area (Å²) in [4.78, 5) is 15.6. The largest absolute Gasteiger partial charge is 0.335 e. The molecule has 0 bridgehead atoms. The van der Waals surface area contributed by atoms with Gasteiger partial charge in [0.15, 0.2) is 0 Å². The Morgan fingerprint density at radius 2 is 2.53 bits per heavy atom. The van der Waals surface area contributed by atoms with Crippen molar-refractivity contribution in [2.24, 2.45) is 11.7 Å². The maximum Gasteiger partial charge on any atom is 0.223 e. The molecule has 2 N–H and O–H groups in total. The SMILES string of the molecule is CC(CN)CC(=O)N1CCCC1c1cccs1. The molecule has 1 aliphatic heterocycles. The molecule has 94 valence electrons. The molecule has 1 saturated heterocycles. The molecular formula is C13H20N2OS. The normalized spacial score (nSPS) is 21.8. The molecule has 4 heteroatoms. The van der Waals surface area contributed by atoms with E-state index in [1.54, 1.807) is 11.3 Å². The Kier molecular flexibility index (Phi) is 4.18. The molecular weight excluding hydrogens is 232 g/mol. The van der Waals surface area contributed by atoms with E-state index in [4.69, 9.17) is 5.73 Å². The number of rotatable bonds is 4. The van der Waals surface area contributed by atoms with Crippen molar-refractivity contribution in [3.63, 3.8) is 0 Å². The first-order valence-electron chi connectivity index (χ1n) is 6.25. The highest BCUT2D eigenvalue weighted by Gasteiger charge is 2.30. The summed E-state index contributed by atoms with van der Waals surface area (Å²) in [5, 5.41) is 2.08. The van der Waals surface area contributed by atoms with Gasteiger partial charge in [0.1, 0.15) is 0 Å².